The molecule has 25 heavy (non-hydrogen) atoms. The molecule has 0 spiro atoms. The molecule has 0 radical (unpaired) electrons. The number of para-hydroxylation sites is 2. The highest BCUT2D eigenvalue weighted by atomic mass is 16.5. The molecule has 0 aliphatic carbocycles. The molecule has 4 nitrogen and oxygen atoms in total. The molecule has 1 fully saturated rings. The first-order chi connectivity index (χ1) is 12.1. The lowest BCUT2D eigenvalue weighted by atomic mass is 10.1. The van der Waals surface area contributed by atoms with E-state index in [0.29, 0.717) is 6.61 Å². The third-order valence-electron chi connectivity index (χ3n) is 4.83. The van der Waals surface area contributed by atoms with Crippen LogP contribution in [-0.4, -0.2) is 43.6 Å². The zero-order valence-corrected chi connectivity index (χ0v) is 15.3. The van der Waals surface area contributed by atoms with Gasteiger partial charge in [0.15, 0.2) is 0 Å². The second-order valence-electron chi connectivity index (χ2n) is 6.48. The lowest BCUT2D eigenvalue weighted by Gasteiger charge is -2.36. The van der Waals surface area contributed by atoms with Crippen molar-refractivity contribution in [2.45, 2.75) is 20.8 Å². The molecule has 0 atom stereocenters. The summed E-state index contributed by atoms with van der Waals surface area (Å²) in [5.41, 5.74) is 4.28. The van der Waals surface area contributed by atoms with Gasteiger partial charge in [-0.2, -0.15) is 0 Å². The second-order valence-corrected chi connectivity index (χ2v) is 6.48. The summed E-state index contributed by atoms with van der Waals surface area (Å²) < 4.78 is 5.74. The maximum Gasteiger partial charge on any atom is 0.253 e. The lowest BCUT2D eigenvalue weighted by molar-refractivity contribution is 0.0746. The summed E-state index contributed by atoms with van der Waals surface area (Å²) in [6, 6.07) is 14.1. The van der Waals surface area contributed by atoms with Gasteiger partial charge in [0.25, 0.3) is 5.91 Å². The second kappa shape index (κ2) is 7.60. The van der Waals surface area contributed by atoms with Crippen LogP contribution in [-0.2, 0) is 0 Å². The first-order valence-corrected chi connectivity index (χ1v) is 8.93. The smallest absolute Gasteiger partial charge is 0.253 e. The van der Waals surface area contributed by atoms with Crippen LogP contribution in [0.25, 0.3) is 0 Å². The molecule has 0 N–H and O–H groups in total. The normalized spacial score (nSPS) is 14.5. The maximum atomic E-state index is 12.8. The third-order valence-corrected chi connectivity index (χ3v) is 4.83. The molecule has 2 aromatic rings. The predicted octanol–water partition coefficient (Wildman–Crippen LogP) is 3.66. The lowest BCUT2D eigenvalue weighted by Crippen LogP contribution is -2.48. The fraction of sp³-hybridized carbons (Fsp3) is 0.381. The van der Waals surface area contributed by atoms with Crippen LogP contribution in [0, 0.1) is 13.8 Å². The fourth-order valence-corrected chi connectivity index (χ4v) is 3.20. The molecule has 3 rings (SSSR count). The summed E-state index contributed by atoms with van der Waals surface area (Å²) in [4.78, 5) is 17.0. The van der Waals surface area contributed by atoms with Crippen LogP contribution < -0.4 is 9.64 Å². The van der Waals surface area contributed by atoms with Crippen molar-refractivity contribution < 1.29 is 9.53 Å². The van der Waals surface area contributed by atoms with Crippen molar-refractivity contribution in [2.24, 2.45) is 0 Å². The van der Waals surface area contributed by atoms with Crippen molar-refractivity contribution in [1.29, 1.82) is 0 Å². The first kappa shape index (κ1) is 17.3. The molecule has 0 aromatic heterocycles. The SMILES string of the molecule is CCOc1ccccc1N1CCN(C(=O)c2ccc(C)c(C)c2)CC1. The van der Waals surface area contributed by atoms with Crippen LogP contribution in [0.1, 0.15) is 28.4 Å². The van der Waals surface area contributed by atoms with E-state index in [-0.39, 0.29) is 5.91 Å². The van der Waals surface area contributed by atoms with E-state index in [2.05, 4.69) is 24.8 Å². The molecular formula is C21H26N2O2. The van der Waals surface area contributed by atoms with E-state index >= 15 is 0 Å². The minimum Gasteiger partial charge on any atom is -0.492 e. The Morgan fingerprint density at radius 3 is 2.40 bits per heavy atom. The Bertz CT molecular complexity index is 749. The van der Waals surface area contributed by atoms with Crippen LogP contribution in [0.15, 0.2) is 42.5 Å². The number of piperazine rings is 1. The number of nitrogens with zero attached hydrogens (tertiary/aromatic N) is 2. The molecule has 1 saturated heterocycles. The van der Waals surface area contributed by atoms with E-state index in [4.69, 9.17) is 4.74 Å². The average molecular weight is 338 g/mol. The van der Waals surface area contributed by atoms with Gasteiger partial charge >= 0.3 is 0 Å². The number of ether oxygens (including phenoxy) is 1. The predicted molar refractivity (Wildman–Crippen MR) is 102 cm³/mol. The van der Waals surface area contributed by atoms with Crippen LogP contribution in [0.2, 0.25) is 0 Å². The summed E-state index contributed by atoms with van der Waals surface area (Å²) >= 11 is 0. The Morgan fingerprint density at radius 2 is 1.72 bits per heavy atom. The molecule has 1 aliphatic heterocycles. The van der Waals surface area contributed by atoms with Gasteiger partial charge in [-0.15, -0.1) is 0 Å². The van der Waals surface area contributed by atoms with Gasteiger partial charge in [-0.05, 0) is 56.2 Å². The summed E-state index contributed by atoms with van der Waals surface area (Å²) in [6.45, 7) is 9.87. The van der Waals surface area contributed by atoms with Crippen molar-refractivity contribution in [2.75, 3.05) is 37.7 Å². The standard InChI is InChI=1S/C21H26N2O2/c1-4-25-20-8-6-5-7-19(20)22-11-13-23(14-12-22)21(24)18-10-9-16(2)17(3)15-18/h5-10,15H,4,11-14H2,1-3H3. The van der Waals surface area contributed by atoms with Crippen molar-refractivity contribution in [3.63, 3.8) is 0 Å². The molecule has 1 aliphatic rings. The number of carbonyl (C=O) groups is 1. The number of rotatable bonds is 4. The highest BCUT2D eigenvalue weighted by Crippen LogP contribution is 2.29. The van der Waals surface area contributed by atoms with E-state index in [0.717, 1.165) is 48.7 Å². The summed E-state index contributed by atoms with van der Waals surface area (Å²) in [7, 11) is 0. The largest absolute Gasteiger partial charge is 0.492 e. The van der Waals surface area contributed by atoms with Crippen molar-refractivity contribution >= 4 is 11.6 Å². The van der Waals surface area contributed by atoms with Gasteiger partial charge in [0.2, 0.25) is 0 Å². The van der Waals surface area contributed by atoms with E-state index < -0.39 is 0 Å². The number of hydrogen-bond acceptors (Lipinski definition) is 3. The highest BCUT2D eigenvalue weighted by Gasteiger charge is 2.23. The van der Waals surface area contributed by atoms with Gasteiger partial charge in [0.05, 0.1) is 12.3 Å². The highest BCUT2D eigenvalue weighted by molar-refractivity contribution is 5.94. The van der Waals surface area contributed by atoms with Crippen molar-refractivity contribution in [3.05, 3.63) is 59.2 Å². The van der Waals surface area contributed by atoms with Gasteiger partial charge in [-0.1, -0.05) is 18.2 Å². The molecule has 0 bridgehead atoms. The van der Waals surface area contributed by atoms with Gasteiger partial charge < -0.3 is 14.5 Å². The van der Waals surface area contributed by atoms with E-state index in [9.17, 15) is 4.79 Å². The number of carbonyl (C=O) groups excluding carboxylic acids is 1. The van der Waals surface area contributed by atoms with Crippen molar-refractivity contribution in [3.8, 4) is 5.75 Å². The molecule has 1 amide bonds. The van der Waals surface area contributed by atoms with Crippen molar-refractivity contribution in [1.82, 2.24) is 4.90 Å². The number of anilines is 1. The minimum absolute atomic E-state index is 0.126. The fourth-order valence-electron chi connectivity index (χ4n) is 3.20. The maximum absolute atomic E-state index is 12.8. The third kappa shape index (κ3) is 3.78. The zero-order chi connectivity index (χ0) is 17.8. The van der Waals surface area contributed by atoms with Crippen LogP contribution in [0.5, 0.6) is 5.75 Å². The average Bonchev–Trinajstić information content (AvgIpc) is 2.64. The Hall–Kier alpha value is -2.49. The summed E-state index contributed by atoms with van der Waals surface area (Å²) in [5, 5.41) is 0. The molecule has 0 unspecified atom stereocenters. The number of hydrogen-bond donors (Lipinski definition) is 0. The Morgan fingerprint density at radius 1 is 1.00 bits per heavy atom. The Kier molecular flexibility index (Phi) is 5.27. The van der Waals surface area contributed by atoms with Gasteiger partial charge in [0.1, 0.15) is 5.75 Å². The number of aryl methyl sites for hydroxylation is 2. The topological polar surface area (TPSA) is 32.8 Å². The van der Waals surface area contributed by atoms with Gasteiger partial charge in [-0.25, -0.2) is 0 Å². The molecule has 132 valence electrons. The Labute approximate surface area is 150 Å². The van der Waals surface area contributed by atoms with E-state index in [1.165, 1.54) is 5.56 Å². The number of amides is 1. The first-order valence-electron chi connectivity index (χ1n) is 8.93. The van der Waals surface area contributed by atoms with E-state index in [1.54, 1.807) is 0 Å². The number of benzene rings is 2. The molecule has 0 saturated carbocycles. The Balaban J connectivity index is 1.67. The minimum atomic E-state index is 0.126. The van der Waals surface area contributed by atoms with E-state index in [1.807, 2.05) is 48.2 Å². The summed E-state index contributed by atoms with van der Waals surface area (Å²) in [5.74, 6) is 1.04. The molecular weight excluding hydrogens is 312 g/mol. The van der Waals surface area contributed by atoms with Gasteiger partial charge in [-0.3, -0.25) is 4.79 Å². The van der Waals surface area contributed by atoms with Crippen LogP contribution >= 0.6 is 0 Å². The van der Waals surface area contributed by atoms with Gasteiger partial charge in [0, 0.05) is 31.7 Å². The quantitative estimate of drug-likeness (QED) is 0.853. The summed E-state index contributed by atoms with van der Waals surface area (Å²) in [6.07, 6.45) is 0. The molecule has 1 heterocycles. The van der Waals surface area contributed by atoms with Crippen LogP contribution in [0.3, 0.4) is 0 Å². The molecule has 2 aromatic carbocycles. The van der Waals surface area contributed by atoms with Crippen LogP contribution in [0.4, 0.5) is 5.69 Å². The monoisotopic (exact) mass is 338 g/mol. The molecule has 4 heteroatoms. The zero-order valence-electron chi connectivity index (χ0n) is 15.3.